The van der Waals surface area contributed by atoms with Crippen LogP contribution in [0, 0.1) is 5.92 Å². The van der Waals surface area contributed by atoms with Crippen LogP contribution in [-0.4, -0.2) is 32.8 Å². The number of nitrogens with zero attached hydrogens (tertiary/aromatic N) is 2. The Bertz CT molecular complexity index is 504. The summed E-state index contributed by atoms with van der Waals surface area (Å²) in [7, 11) is 0. The standard InChI is InChI=1S/C15H23N3O3/c1-10(2)9-12(15(20)21)17-14(19)13-7-8-16-18(13)11-5-3-4-6-11/h7-8,10-12H,3-6,9H2,1-2H3,(H,17,19)(H,20,21)/t12-/m0/s1. The van der Waals surface area contributed by atoms with Gasteiger partial charge in [0.25, 0.3) is 5.91 Å². The molecule has 6 heteroatoms. The van der Waals surface area contributed by atoms with Gasteiger partial charge in [-0.1, -0.05) is 26.7 Å². The Labute approximate surface area is 124 Å². The largest absolute Gasteiger partial charge is 0.480 e. The van der Waals surface area contributed by atoms with E-state index in [9.17, 15) is 14.7 Å². The lowest BCUT2D eigenvalue weighted by Crippen LogP contribution is -2.42. The third-order valence-corrected chi connectivity index (χ3v) is 3.88. The number of rotatable bonds is 6. The van der Waals surface area contributed by atoms with Gasteiger partial charge in [-0.3, -0.25) is 9.48 Å². The average Bonchev–Trinajstić information content (AvgIpc) is 3.07. The number of hydrogen-bond acceptors (Lipinski definition) is 3. The Morgan fingerprint density at radius 1 is 1.43 bits per heavy atom. The topological polar surface area (TPSA) is 84.2 Å². The van der Waals surface area contributed by atoms with Gasteiger partial charge in [0.2, 0.25) is 0 Å². The molecule has 1 aromatic heterocycles. The summed E-state index contributed by atoms with van der Waals surface area (Å²) < 4.78 is 1.75. The van der Waals surface area contributed by atoms with Crippen molar-refractivity contribution in [2.75, 3.05) is 0 Å². The summed E-state index contributed by atoms with van der Waals surface area (Å²) in [4.78, 5) is 23.6. The number of carbonyl (C=O) groups excluding carboxylic acids is 1. The molecule has 2 N–H and O–H groups in total. The number of carboxylic acid groups (broad SMARTS) is 1. The molecule has 0 aliphatic heterocycles. The van der Waals surface area contributed by atoms with Crippen LogP contribution in [0.1, 0.15) is 62.5 Å². The summed E-state index contributed by atoms with van der Waals surface area (Å²) in [6, 6.07) is 1.06. The van der Waals surface area contributed by atoms with Crippen molar-refractivity contribution in [3.8, 4) is 0 Å². The number of carboxylic acids is 1. The third kappa shape index (κ3) is 3.83. The van der Waals surface area contributed by atoms with E-state index in [1.165, 1.54) is 0 Å². The van der Waals surface area contributed by atoms with Crippen molar-refractivity contribution in [1.82, 2.24) is 15.1 Å². The summed E-state index contributed by atoms with van der Waals surface area (Å²) in [5.41, 5.74) is 0.455. The lowest BCUT2D eigenvalue weighted by atomic mass is 10.0. The zero-order chi connectivity index (χ0) is 15.4. The smallest absolute Gasteiger partial charge is 0.326 e. The zero-order valence-electron chi connectivity index (χ0n) is 12.6. The maximum Gasteiger partial charge on any atom is 0.326 e. The lowest BCUT2D eigenvalue weighted by molar-refractivity contribution is -0.139. The van der Waals surface area contributed by atoms with Crippen LogP contribution in [0.4, 0.5) is 0 Å². The molecule has 1 aromatic rings. The van der Waals surface area contributed by atoms with Gasteiger partial charge >= 0.3 is 5.97 Å². The van der Waals surface area contributed by atoms with Gasteiger partial charge in [0.1, 0.15) is 11.7 Å². The maximum atomic E-state index is 12.3. The number of amides is 1. The van der Waals surface area contributed by atoms with Crippen LogP contribution in [0.25, 0.3) is 0 Å². The molecule has 6 nitrogen and oxygen atoms in total. The first-order chi connectivity index (χ1) is 9.99. The van der Waals surface area contributed by atoms with Crippen LogP contribution in [0.15, 0.2) is 12.3 Å². The number of aliphatic carboxylic acids is 1. The molecule has 0 saturated heterocycles. The molecular weight excluding hydrogens is 270 g/mol. The predicted molar refractivity (Wildman–Crippen MR) is 78.1 cm³/mol. The highest BCUT2D eigenvalue weighted by Gasteiger charge is 2.26. The molecule has 0 bridgehead atoms. The van der Waals surface area contributed by atoms with Gasteiger partial charge in [-0.15, -0.1) is 0 Å². The van der Waals surface area contributed by atoms with E-state index in [4.69, 9.17) is 0 Å². The van der Waals surface area contributed by atoms with E-state index in [0.29, 0.717) is 12.1 Å². The third-order valence-electron chi connectivity index (χ3n) is 3.88. The number of hydrogen-bond donors (Lipinski definition) is 2. The molecule has 0 aromatic carbocycles. The van der Waals surface area contributed by atoms with Crippen molar-refractivity contribution in [1.29, 1.82) is 0 Å². The van der Waals surface area contributed by atoms with E-state index in [-0.39, 0.29) is 17.9 Å². The van der Waals surface area contributed by atoms with E-state index in [2.05, 4.69) is 10.4 Å². The van der Waals surface area contributed by atoms with E-state index < -0.39 is 12.0 Å². The fourth-order valence-electron chi connectivity index (χ4n) is 2.86. The fraction of sp³-hybridized carbons (Fsp3) is 0.667. The van der Waals surface area contributed by atoms with E-state index >= 15 is 0 Å². The van der Waals surface area contributed by atoms with Gasteiger partial charge in [-0.25, -0.2) is 4.79 Å². The van der Waals surface area contributed by atoms with Gasteiger partial charge in [-0.2, -0.15) is 5.10 Å². The Morgan fingerprint density at radius 3 is 2.67 bits per heavy atom. The molecule has 1 saturated carbocycles. The highest BCUT2D eigenvalue weighted by molar-refractivity contribution is 5.95. The van der Waals surface area contributed by atoms with Gasteiger partial charge in [-0.05, 0) is 31.2 Å². The van der Waals surface area contributed by atoms with Crippen LogP contribution in [0.5, 0.6) is 0 Å². The first-order valence-electron chi connectivity index (χ1n) is 7.56. The molecule has 1 aliphatic rings. The Hall–Kier alpha value is -1.85. The van der Waals surface area contributed by atoms with Gasteiger partial charge in [0.05, 0.1) is 6.04 Å². The van der Waals surface area contributed by atoms with Crippen molar-refractivity contribution < 1.29 is 14.7 Å². The molecule has 0 radical (unpaired) electrons. The lowest BCUT2D eigenvalue weighted by Gasteiger charge is -2.18. The van der Waals surface area contributed by atoms with Crippen molar-refractivity contribution in [2.45, 2.75) is 58.0 Å². The first kappa shape index (κ1) is 15.5. The van der Waals surface area contributed by atoms with E-state index in [0.717, 1.165) is 25.7 Å². The summed E-state index contributed by atoms with van der Waals surface area (Å²) in [5.74, 6) is -1.15. The van der Waals surface area contributed by atoms with Crippen LogP contribution in [0.2, 0.25) is 0 Å². The molecule has 0 unspecified atom stereocenters. The van der Waals surface area contributed by atoms with Crippen LogP contribution in [0.3, 0.4) is 0 Å². The molecule has 2 rings (SSSR count). The number of carbonyl (C=O) groups is 2. The van der Waals surface area contributed by atoms with Gasteiger partial charge < -0.3 is 10.4 Å². The zero-order valence-corrected chi connectivity index (χ0v) is 12.6. The second-order valence-electron chi connectivity index (χ2n) is 6.09. The number of nitrogens with one attached hydrogen (secondary N) is 1. The van der Waals surface area contributed by atoms with Crippen LogP contribution >= 0.6 is 0 Å². The molecule has 1 atom stereocenters. The minimum absolute atomic E-state index is 0.200. The SMILES string of the molecule is CC(C)C[C@H](NC(=O)c1ccnn1C1CCCC1)C(=O)O. The summed E-state index contributed by atoms with van der Waals surface area (Å²) in [5, 5.41) is 16.1. The minimum Gasteiger partial charge on any atom is -0.480 e. The van der Waals surface area contributed by atoms with Gasteiger partial charge in [0.15, 0.2) is 0 Å². The maximum absolute atomic E-state index is 12.3. The fourth-order valence-corrected chi connectivity index (χ4v) is 2.86. The highest BCUT2D eigenvalue weighted by Crippen LogP contribution is 2.29. The van der Waals surface area contributed by atoms with Crippen molar-refractivity contribution in [3.05, 3.63) is 18.0 Å². The van der Waals surface area contributed by atoms with Crippen molar-refractivity contribution in [3.63, 3.8) is 0 Å². The van der Waals surface area contributed by atoms with Crippen molar-refractivity contribution in [2.24, 2.45) is 5.92 Å². The Kier molecular flexibility index (Phi) is 4.98. The van der Waals surface area contributed by atoms with Crippen LogP contribution in [-0.2, 0) is 4.79 Å². The summed E-state index contributed by atoms with van der Waals surface area (Å²) in [6.45, 7) is 3.87. The molecule has 21 heavy (non-hydrogen) atoms. The second kappa shape index (κ2) is 6.74. The number of aromatic nitrogens is 2. The van der Waals surface area contributed by atoms with Crippen molar-refractivity contribution >= 4 is 11.9 Å². The van der Waals surface area contributed by atoms with E-state index in [1.54, 1.807) is 16.9 Å². The molecule has 1 fully saturated rings. The quantitative estimate of drug-likeness (QED) is 0.842. The van der Waals surface area contributed by atoms with Crippen LogP contribution < -0.4 is 5.32 Å². The molecule has 1 heterocycles. The second-order valence-corrected chi connectivity index (χ2v) is 6.09. The van der Waals surface area contributed by atoms with Gasteiger partial charge in [0, 0.05) is 6.20 Å². The Morgan fingerprint density at radius 2 is 2.10 bits per heavy atom. The summed E-state index contributed by atoms with van der Waals surface area (Å²) >= 11 is 0. The molecular formula is C15H23N3O3. The Balaban J connectivity index is 2.09. The molecule has 116 valence electrons. The predicted octanol–water partition coefficient (Wildman–Crippen LogP) is 2.23. The minimum atomic E-state index is -0.996. The van der Waals surface area contributed by atoms with E-state index in [1.807, 2.05) is 13.8 Å². The highest BCUT2D eigenvalue weighted by atomic mass is 16.4. The molecule has 1 aliphatic carbocycles. The monoisotopic (exact) mass is 293 g/mol. The first-order valence-corrected chi connectivity index (χ1v) is 7.56. The average molecular weight is 293 g/mol. The molecule has 1 amide bonds. The molecule has 0 spiro atoms. The normalized spacial score (nSPS) is 17.1. The summed E-state index contributed by atoms with van der Waals surface area (Å²) in [6.07, 6.45) is 6.37.